The van der Waals surface area contributed by atoms with E-state index in [-0.39, 0.29) is 12.7 Å². The Morgan fingerprint density at radius 1 is 1.58 bits per heavy atom. The molecule has 1 N–H and O–H groups in total. The maximum Gasteiger partial charge on any atom is 0.0906 e. The van der Waals surface area contributed by atoms with Gasteiger partial charge in [0.2, 0.25) is 0 Å². The maximum absolute atomic E-state index is 11.7. The lowest BCUT2D eigenvalue weighted by Crippen LogP contribution is -2.34. The lowest BCUT2D eigenvalue weighted by atomic mass is 10.2. The molecule has 12 heavy (non-hydrogen) atoms. The zero-order valence-corrected chi connectivity index (χ0v) is 8.24. The second kappa shape index (κ2) is 9.23. The van der Waals surface area contributed by atoms with Gasteiger partial charge in [-0.2, -0.15) is 0 Å². The normalized spacial score (nSPS) is 13.2. The van der Waals surface area contributed by atoms with Crippen LogP contribution < -0.4 is 5.32 Å². The van der Waals surface area contributed by atoms with Gasteiger partial charge in [0.1, 0.15) is 0 Å². The van der Waals surface area contributed by atoms with Crippen LogP contribution in [0, 0.1) is 0 Å². The van der Waals surface area contributed by atoms with Crippen LogP contribution in [0.5, 0.6) is 0 Å². The van der Waals surface area contributed by atoms with E-state index in [0.717, 1.165) is 6.42 Å². The van der Waals surface area contributed by atoms with Gasteiger partial charge < -0.3 is 10.1 Å². The molecule has 0 radical (unpaired) electrons. The molecule has 0 aliphatic rings. The van der Waals surface area contributed by atoms with Gasteiger partial charge in [0.15, 0.2) is 0 Å². The zero-order chi connectivity index (χ0) is 9.23. The van der Waals surface area contributed by atoms with E-state index in [1.807, 2.05) is 0 Å². The van der Waals surface area contributed by atoms with Gasteiger partial charge in [-0.3, -0.25) is 4.39 Å². The van der Waals surface area contributed by atoms with Crippen molar-refractivity contribution in [1.82, 2.24) is 5.32 Å². The van der Waals surface area contributed by atoms with Crippen molar-refractivity contribution in [1.29, 1.82) is 0 Å². The van der Waals surface area contributed by atoms with Crippen molar-refractivity contribution in [2.45, 2.75) is 18.9 Å². The van der Waals surface area contributed by atoms with Crippen LogP contribution in [-0.2, 0) is 4.74 Å². The molecule has 0 bridgehead atoms. The molecule has 0 heterocycles. The van der Waals surface area contributed by atoms with Gasteiger partial charge in [-0.05, 0) is 19.4 Å². The highest BCUT2D eigenvalue weighted by molar-refractivity contribution is 6.17. The Morgan fingerprint density at radius 2 is 2.33 bits per heavy atom. The minimum atomic E-state index is -0.270. The Kier molecular flexibility index (Phi) is 9.34. The highest BCUT2D eigenvalue weighted by Crippen LogP contribution is 1.95. The molecule has 0 fully saturated rings. The minimum Gasteiger partial charge on any atom is -0.383 e. The van der Waals surface area contributed by atoms with Crippen molar-refractivity contribution in [2.24, 2.45) is 0 Å². The largest absolute Gasteiger partial charge is 0.383 e. The van der Waals surface area contributed by atoms with Crippen LogP contribution in [0.15, 0.2) is 0 Å². The van der Waals surface area contributed by atoms with Crippen molar-refractivity contribution < 1.29 is 9.13 Å². The topological polar surface area (TPSA) is 21.3 Å². The number of halogens is 2. The summed E-state index contributed by atoms with van der Waals surface area (Å²) in [5.74, 6) is 0.608. The summed E-state index contributed by atoms with van der Waals surface area (Å²) in [5.41, 5.74) is 0. The van der Waals surface area contributed by atoms with Crippen LogP contribution in [0.2, 0.25) is 0 Å². The van der Waals surface area contributed by atoms with E-state index in [2.05, 4.69) is 5.32 Å². The predicted octanol–water partition coefficient (Wildman–Crippen LogP) is 1.58. The predicted molar refractivity (Wildman–Crippen MR) is 49.6 cm³/mol. The summed E-state index contributed by atoms with van der Waals surface area (Å²) >= 11 is 5.58. The van der Waals surface area contributed by atoms with Crippen molar-refractivity contribution in [3.8, 4) is 0 Å². The Morgan fingerprint density at radius 3 is 2.83 bits per heavy atom. The van der Waals surface area contributed by atoms with E-state index in [9.17, 15) is 4.39 Å². The highest BCUT2D eigenvalue weighted by Gasteiger charge is 2.05. The molecule has 0 amide bonds. The van der Waals surface area contributed by atoms with Crippen LogP contribution in [-0.4, -0.2) is 38.9 Å². The molecule has 2 nitrogen and oxygen atoms in total. The summed E-state index contributed by atoms with van der Waals surface area (Å²) in [4.78, 5) is 0. The first kappa shape index (κ1) is 12.1. The Bertz CT molecular complexity index is 89.1. The van der Waals surface area contributed by atoms with Gasteiger partial charge in [0.05, 0.1) is 13.3 Å². The maximum atomic E-state index is 11.7. The quantitative estimate of drug-likeness (QED) is 0.471. The summed E-state index contributed by atoms with van der Waals surface area (Å²) in [5, 5.41) is 3.17. The molecule has 0 saturated carbocycles. The summed E-state index contributed by atoms with van der Waals surface area (Å²) in [7, 11) is 1.65. The monoisotopic (exact) mass is 197 g/mol. The summed E-state index contributed by atoms with van der Waals surface area (Å²) in [6.45, 7) is 1.06. The lowest BCUT2D eigenvalue weighted by molar-refractivity contribution is 0.164. The Hall–Kier alpha value is 0.140. The number of methoxy groups -OCH3 is 1. The third kappa shape index (κ3) is 6.83. The fraction of sp³-hybridized carbons (Fsp3) is 1.00. The van der Waals surface area contributed by atoms with E-state index in [1.165, 1.54) is 0 Å². The second-order valence-electron chi connectivity index (χ2n) is 2.63. The molecule has 0 rings (SSSR count). The molecule has 1 unspecified atom stereocenters. The minimum absolute atomic E-state index is 0.263. The van der Waals surface area contributed by atoms with Gasteiger partial charge in [-0.15, -0.1) is 11.6 Å². The van der Waals surface area contributed by atoms with Crippen LogP contribution >= 0.6 is 11.6 Å². The molecule has 0 aliphatic heterocycles. The zero-order valence-electron chi connectivity index (χ0n) is 7.48. The van der Waals surface area contributed by atoms with Crippen LogP contribution in [0.4, 0.5) is 4.39 Å². The second-order valence-corrected chi connectivity index (χ2v) is 3.00. The lowest BCUT2D eigenvalue weighted by Gasteiger charge is -2.15. The van der Waals surface area contributed by atoms with E-state index in [0.29, 0.717) is 25.5 Å². The van der Waals surface area contributed by atoms with E-state index < -0.39 is 0 Å². The Labute approximate surface area is 78.4 Å². The average molecular weight is 198 g/mol. The standard InChI is InChI=1S/C8H17ClFNO/c1-12-7-8(3-4-9)11-6-2-5-10/h8,11H,2-7H2,1H3. The molecule has 4 heteroatoms. The fourth-order valence-electron chi connectivity index (χ4n) is 0.950. The molecule has 0 aromatic heterocycles. The van der Waals surface area contributed by atoms with E-state index >= 15 is 0 Å². The smallest absolute Gasteiger partial charge is 0.0906 e. The summed E-state index contributed by atoms with van der Waals surface area (Å²) in [6.07, 6.45) is 1.42. The molecule has 1 atom stereocenters. The number of alkyl halides is 2. The van der Waals surface area contributed by atoms with Gasteiger partial charge in [0.25, 0.3) is 0 Å². The molecule has 0 saturated heterocycles. The molecule has 0 aromatic carbocycles. The van der Waals surface area contributed by atoms with Crippen LogP contribution in [0.25, 0.3) is 0 Å². The summed E-state index contributed by atoms with van der Waals surface area (Å²) < 4.78 is 16.7. The van der Waals surface area contributed by atoms with E-state index in [1.54, 1.807) is 7.11 Å². The van der Waals surface area contributed by atoms with Crippen molar-refractivity contribution in [2.75, 3.05) is 32.8 Å². The highest BCUT2D eigenvalue weighted by atomic mass is 35.5. The van der Waals surface area contributed by atoms with Gasteiger partial charge in [-0.1, -0.05) is 0 Å². The summed E-state index contributed by atoms with van der Waals surface area (Å²) in [6, 6.07) is 0.263. The molecular formula is C8H17ClFNO. The van der Waals surface area contributed by atoms with Crippen molar-refractivity contribution >= 4 is 11.6 Å². The Balaban J connectivity index is 3.34. The van der Waals surface area contributed by atoms with Crippen LogP contribution in [0.3, 0.4) is 0 Å². The molecular weight excluding hydrogens is 181 g/mol. The third-order valence-corrected chi connectivity index (χ3v) is 1.79. The number of rotatable bonds is 8. The van der Waals surface area contributed by atoms with Gasteiger partial charge in [-0.25, -0.2) is 0 Å². The van der Waals surface area contributed by atoms with E-state index in [4.69, 9.17) is 16.3 Å². The number of ether oxygens (including phenoxy) is 1. The average Bonchev–Trinajstić information content (AvgIpc) is 2.06. The first-order chi connectivity index (χ1) is 5.85. The fourth-order valence-corrected chi connectivity index (χ4v) is 1.21. The molecule has 74 valence electrons. The molecule has 0 spiro atoms. The first-order valence-corrected chi connectivity index (χ1v) is 4.72. The van der Waals surface area contributed by atoms with Crippen molar-refractivity contribution in [3.05, 3.63) is 0 Å². The van der Waals surface area contributed by atoms with Gasteiger partial charge >= 0.3 is 0 Å². The first-order valence-electron chi connectivity index (χ1n) is 4.19. The number of hydrogen-bond acceptors (Lipinski definition) is 2. The van der Waals surface area contributed by atoms with Gasteiger partial charge in [0, 0.05) is 19.0 Å². The third-order valence-electron chi connectivity index (χ3n) is 1.57. The molecule has 0 aromatic rings. The molecule has 0 aliphatic carbocycles. The number of hydrogen-bond donors (Lipinski definition) is 1. The van der Waals surface area contributed by atoms with Crippen LogP contribution in [0.1, 0.15) is 12.8 Å². The SMILES string of the molecule is COCC(CCCl)NCCCF. The van der Waals surface area contributed by atoms with Crippen molar-refractivity contribution in [3.63, 3.8) is 0 Å². The number of nitrogens with one attached hydrogen (secondary N) is 1.